The van der Waals surface area contributed by atoms with Gasteiger partial charge in [-0.2, -0.15) is 0 Å². The van der Waals surface area contributed by atoms with Crippen molar-refractivity contribution in [1.29, 1.82) is 0 Å². The van der Waals surface area contributed by atoms with Crippen LogP contribution in [0.2, 0.25) is 0 Å². The van der Waals surface area contributed by atoms with E-state index in [2.05, 4.69) is 4.99 Å². The number of nitrogens with zero attached hydrogens (tertiary/aromatic N) is 1. The van der Waals surface area contributed by atoms with Gasteiger partial charge in [-0.25, -0.2) is 0 Å². The van der Waals surface area contributed by atoms with Crippen LogP contribution in [-0.2, 0) is 0 Å². The Labute approximate surface area is 141 Å². The average molecular weight is 321 g/mol. The monoisotopic (exact) mass is 321 g/mol. The number of ether oxygens (including phenoxy) is 2. The van der Waals surface area contributed by atoms with Crippen molar-refractivity contribution in [2.75, 3.05) is 7.11 Å². The van der Waals surface area contributed by atoms with Crippen molar-refractivity contribution in [2.45, 2.75) is 13.8 Å². The lowest BCUT2D eigenvalue weighted by Gasteiger charge is -2.09. The van der Waals surface area contributed by atoms with Gasteiger partial charge in [0.25, 0.3) is 0 Å². The lowest BCUT2D eigenvalue weighted by molar-refractivity contribution is 0.379. The fourth-order valence-corrected chi connectivity index (χ4v) is 2.35. The largest absolute Gasteiger partial charge is 0.493 e. The van der Waals surface area contributed by atoms with E-state index in [1.807, 2.05) is 74.7 Å². The predicted molar refractivity (Wildman–Crippen MR) is 94.9 cm³/mol. The standard InChI is InChI=1S/C20H19NO3/c1-14-12-16(15(2)23-14)13-21-17-8-10-18(11-9-17)24-20-7-5-4-6-19(20)22-3/h4-13H,1-3H3. The minimum absolute atomic E-state index is 0.681. The van der Waals surface area contributed by atoms with Crippen LogP contribution in [0.1, 0.15) is 17.1 Å². The minimum Gasteiger partial charge on any atom is -0.493 e. The molecule has 0 aliphatic carbocycles. The van der Waals surface area contributed by atoms with Gasteiger partial charge in [0.15, 0.2) is 11.5 Å². The molecule has 3 aromatic rings. The number of rotatable bonds is 5. The Morgan fingerprint density at radius 1 is 0.958 bits per heavy atom. The Morgan fingerprint density at radius 3 is 2.29 bits per heavy atom. The molecule has 0 radical (unpaired) electrons. The van der Waals surface area contributed by atoms with Gasteiger partial charge in [-0.15, -0.1) is 0 Å². The molecular formula is C20H19NO3. The van der Waals surface area contributed by atoms with Gasteiger partial charge in [-0.05, 0) is 56.3 Å². The molecule has 3 rings (SSSR count). The topological polar surface area (TPSA) is 44.0 Å². The molecule has 1 heterocycles. The van der Waals surface area contributed by atoms with E-state index in [4.69, 9.17) is 13.9 Å². The zero-order valence-corrected chi connectivity index (χ0v) is 13.9. The molecule has 0 saturated heterocycles. The van der Waals surface area contributed by atoms with Crippen molar-refractivity contribution >= 4 is 11.9 Å². The molecule has 0 bridgehead atoms. The van der Waals surface area contributed by atoms with Crippen LogP contribution in [0, 0.1) is 13.8 Å². The summed E-state index contributed by atoms with van der Waals surface area (Å²) in [6.07, 6.45) is 1.81. The molecule has 0 amide bonds. The van der Waals surface area contributed by atoms with Crippen molar-refractivity contribution < 1.29 is 13.9 Å². The maximum Gasteiger partial charge on any atom is 0.169 e. The number of aliphatic imine (C=N–C) groups is 1. The van der Waals surface area contributed by atoms with E-state index < -0.39 is 0 Å². The van der Waals surface area contributed by atoms with E-state index in [9.17, 15) is 0 Å². The fourth-order valence-electron chi connectivity index (χ4n) is 2.35. The van der Waals surface area contributed by atoms with Crippen LogP contribution in [0.15, 0.2) is 64.0 Å². The number of benzene rings is 2. The highest BCUT2D eigenvalue weighted by molar-refractivity contribution is 5.83. The molecule has 0 N–H and O–H groups in total. The number of para-hydroxylation sites is 2. The maximum absolute atomic E-state index is 5.85. The Kier molecular flexibility index (Phi) is 4.66. The third-order valence-electron chi connectivity index (χ3n) is 3.57. The summed E-state index contributed by atoms with van der Waals surface area (Å²) in [5, 5.41) is 0. The number of hydrogen-bond acceptors (Lipinski definition) is 4. The highest BCUT2D eigenvalue weighted by Crippen LogP contribution is 2.31. The molecule has 0 atom stereocenters. The molecule has 0 saturated carbocycles. The smallest absolute Gasteiger partial charge is 0.169 e. The van der Waals surface area contributed by atoms with Gasteiger partial charge in [0, 0.05) is 11.8 Å². The molecule has 0 fully saturated rings. The highest BCUT2D eigenvalue weighted by Gasteiger charge is 2.04. The number of aryl methyl sites for hydroxylation is 2. The average Bonchev–Trinajstić information content (AvgIpc) is 2.92. The van der Waals surface area contributed by atoms with Gasteiger partial charge < -0.3 is 13.9 Å². The van der Waals surface area contributed by atoms with Crippen LogP contribution in [0.25, 0.3) is 0 Å². The van der Waals surface area contributed by atoms with Crippen LogP contribution in [0.4, 0.5) is 5.69 Å². The molecule has 0 spiro atoms. The van der Waals surface area contributed by atoms with Crippen molar-refractivity contribution in [3.63, 3.8) is 0 Å². The first-order valence-electron chi connectivity index (χ1n) is 7.68. The van der Waals surface area contributed by atoms with E-state index in [1.165, 1.54) is 0 Å². The third kappa shape index (κ3) is 3.66. The highest BCUT2D eigenvalue weighted by atomic mass is 16.5. The van der Waals surface area contributed by atoms with Crippen molar-refractivity contribution in [3.8, 4) is 17.2 Å². The zero-order valence-electron chi connectivity index (χ0n) is 13.9. The van der Waals surface area contributed by atoms with Crippen LogP contribution >= 0.6 is 0 Å². The predicted octanol–water partition coefficient (Wildman–Crippen LogP) is 5.45. The van der Waals surface area contributed by atoms with Crippen molar-refractivity contribution in [2.24, 2.45) is 4.99 Å². The third-order valence-corrected chi connectivity index (χ3v) is 3.57. The summed E-state index contributed by atoms with van der Waals surface area (Å²) in [6, 6.07) is 17.1. The van der Waals surface area contributed by atoms with E-state index in [1.54, 1.807) is 7.11 Å². The number of hydrogen-bond donors (Lipinski definition) is 0. The molecule has 4 heteroatoms. The van der Waals surface area contributed by atoms with Gasteiger partial charge in [-0.1, -0.05) is 12.1 Å². The lowest BCUT2D eigenvalue weighted by atomic mass is 10.2. The Bertz CT molecular complexity index is 848. The second-order valence-corrected chi connectivity index (χ2v) is 5.37. The lowest BCUT2D eigenvalue weighted by Crippen LogP contribution is -1.89. The fraction of sp³-hybridized carbons (Fsp3) is 0.150. The summed E-state index contributed by atoms with van der Waals surface area (Å²) in [4.78, 5) is 4.47. The summed E-state index contributed by atoms with van der Waals surface area (Å²) >= 11 is 0. The number of methoxy groups -OCH3 is 1. The van der Waals surface area contributed by atoms with Gasteiger partial charge in [-0.3, -0.25) is 4.99 Å². The normalized spacial score (nSPS) is 11.0. The molecule has 1 aromatic heterocycles. The Hall–Kier alpha value is -3.01. The van der Waals surface area contributed by atoms with E-state index in [0.717, 1.165) is 28.5 Å². The molecule has 0 aliphatic rings. The zero-order chi connectivity index (χ0) is 16.9. The van der Waals surface area contributed by atoms with E-state index in [-0.39, 0.29) is 0 Å². The van der Waals surface area contributed by atoms with Gasteiger partial charge >= 0.3 is 0 Å². The second kappa shape index (κ2) is 7.04. The van der Waals surface area contributed by atoms with Gasteiger partial charge in [0.1, 0.15) is 17.3 Å². The Morgan fingerprint density at radius 2 is 1.67 bits per heavy atom. The summed E-state index contributed by atoms with van der Waals surface area (Å²) in [5.41, 5.74) is 1.84. The quantitative estimate of drug-likeness (QED) is 0.587. The van der Waals surface area contributed by atoms with Crippen molar-refractivity contribution in [1.82, 2.24) is 0 Å². The summed E-state index contributed by atoms with van der Waals surface area (Å²) < 4.78 is 16.6. The molecule has 4 nitrogen and oxygen atoms in total. The van der Waals surface area contributed by atoms with Crippen LogP contribution in [-0.4, -0.2) is 13.3 Å². The number of furan rings is 1. The van der Waals surface area contributed by atoms with Crippen LogP contribution < -0.4 is 9.47 Å². The summed E-state index contributed by atoms with van der Waals surface area (Å²) in [7, 11) is 1.62. The van der Waals surface area contributed by atoms with Crippen LogP contribution in [0.3, 0.4) is 0 Å². The first-order valence-corrected chi connectivity index (χ1v) is 7.68. The SMILES string of the molecule is COc1ccccc1Oc1ccc(N=Cc2cc(C)oc2C)cc1. The summed E-state index contributed by atoms with van der Waals surface area (Å²) in [5.74, 6) is 3.86. The minimum atomic E-state index is 0.681. The van der Waals surface area contributed by atoms with Crippen molar-refractivity contribution in [3.05, 3.63) is 71.7 Å². The van der Waals surface area contributed by atoms with E-state index in [0.29, 0.717) is 11.5 Å². The first-order chi connectivity index (χ1) is 11.7. The Balaban J connectivity index is 1.72. The van der Waals surface area contributed by atoms with Crippen LogP contribution in [0.5, 0.6) is 17.2 Å². The molecule has 122 valence electrons. The second-order valence-electron chi connectivity index (χ2n) is 5.37. The molecule has 0 aliphatic heterocycles. The molecule has 24 heavy (non-hydrogen) atoms. The van der Waals surface area contributed by atoms with E-state index >= 15 is 0 Å². The van der Waals surface area contributed by atoms with Gasteiger partial charge in [0.2, 0.25) is 0 Å². The first kappa shape index (κ1) is 15.9. The maximum atomic E-state index is 5.85. The molecular weight excluding hydrogens is 302 g/mol. The van der Waals surface area contributed by atoms with Gasteiger partial charge in [0.05, 0.1) is 12.8 Å². The molecule has 0 unspecified atom stereocenters. The summed E-state index contributed by atoms with van der Waals surface area (Å²) in [6.45, 7) is 3.85. The molecule has 2 aromatic carbocycles.